The van der Waals surface area contributed by atoms with Crippen LogP contribution in [-0.2, 0) is 9.59 Å². The summed E-state index contributed by atoms with van der Waals surface area (Å²) in [5, 5.41) is 17.6. The minimum absolute atomic E-state index is 0.116. The van der Waals surface area contributed by atoms with Crippen molar-refractivity contribution >= 4 is 12.3 Å². The van der Waals surface area contributed by atoms with Gasteiger partial charge in [-0.25, -0.2) is 0 Å². The molecule has 0 aromatic heterocycles. The van der Waals surface area contributed by atoms with Gasteiger partial charge in [0.15, 0.2) is 0 Å². The molecule has 7 heteroatoms. The van der Waals surface area contributed by atoms with E-state index in [1.165, 1.54) is 6.20 Å². The second-order valence-electron chi connectivity index (χ2n) is 4.09. The van der Waals surface area contributed by atoms with Crippen LogP contribution < -0.4 is 16.0 Å². The van der Waals surface area contributed by atoms with Crippen LogP contribution in [0.1, 0.15) is 6.42 Å². The molecule has 0 aromatic rings. The topological polar surface area (TPSA) is 97.3 Å². The zero-order chi connectivity index (χ0) is 13.9. The maximum atomic E-state index is 12.0. The third-order valence-corrected chi connectivity index (χ3v) is 2.73. The van der Waals surface area contributed by atoms with E-state index < -0.39 is 0 Å². The molecule has 1 rings (SSSR count). The van der Waals surface area contributed by atoms with E-state index in [-0.39, 0.29) is 11.5 Å². The Morgan fingerprint density at radius 3 is 2.63 bits per heavy atom. The van der Waals surface area contributed by atoms with E-state index in [2.05, 4.69) is 16.0 Å². The zero-order valence-corrected chi connectivity index (χ0v) is 10.8. The fraction of sp³-hybridized carbons (Fsp3) is 0.583. The largest absolute Gasteiger partial charge is 0.390 e. The molecule has 0 radical (unpaired) electrons. The Morgan fingerprint density at radius 2 is 2.00 bits per heavy atom. The first-order chi connectivity index (χ1) is 9.29. The van der Waals surface area contributed by atoms with Crippen LogP contribution in [0.25, 0.3) is 0 Å². The van der Waals surface area contributed by atoms with Gasteiger partial charge in [0.2, 0.25) is 6.41 Å². The summed E-state index contributed by atoms with van der Waals surface area (Å²) in [5.74, 6) is -0.234. The minimum Gasteiger partial charge on any atom is -0.390 e. The minimum atomic E-state index is -0.234. The zero-order valence-electron chi connectivity index (χ0n) is 10.8. The van der Waals surface area contributed by atoms with Crippen molar-refractivity contribution in [1.29, 1.82) is 5.26 Å². The number of hydrogen-bond donors (Lipinski definition) is 3. The highest BCUT2D eigenvalue weighted by atomic mass is 16.2. The van der Waals surface area contributed by atoms with Crippen LogP contribution >= 0.6 is 0 Å². The Morgan fingerprint density at radius 1 is 1.32 bits per heavy atom. The van der Waals surface area contributed by atoms with E-state index in [1.807, 2.05) is 6.07 Å². The molecule has 7 nitrogen and oxygen atoms in total. The van der Waals surface area contributed by atoms with Crippen molar-refractivity contribution in [3.63, 3.8) is 0 Å². The summed E-state index contributed by atoms with van der Waals surface area (Å²) in [6.07, 6.45) is 2.82. The molecule has 0 unspecified atom stereocenters. The van der Waals surface area contributed by atoms with E-state index in [9.17, 15) is 9.59 Å². The predicted octanol–water partition coefficient (Wildman–Crippen LogP) is -1.45. The molecule has 0 spiro atoms. The molecule has 0 aromatic carbocycles. The van der Waals surface area contributed by atoms with Crippen molar-refractivity contribution in [2.24, 2.45) is 0 Å². The molecule has 0 bridgehead atoms. The van der Waals surface area contributed by atoms with Crippen LogP contribution in [0.5, 0.6) is 0 Å². The Hall–Kier alpha value is -2.07. The Bertz CT molecular complexity index is 369. The normalized spacial score (nSPS) is 15.5. The molecule has 1 heterocycles. The first-order valence-corrected chi connectivity index (χ1v) is 6.30. The second-order valence-corrected chi connectivity index (χ2v) is 4.09. The molecule has 3 N–H and O–H groups in total. The van der Waals surface area contributed by atoms with Gasteiger partial charge < -0.3 is 20.9 Å². The van der Waals surface area contributed by atoms with E-state index in [0.29, 0.717) is 32.6 Å². The predicted molar refractivity (Wildman–Crippen MR) is 69.8 cm³/mol. The van der Waals surface area contributed by atoms with Crippen LogP contribution in [0.4, 0.5) is 0 Å². The maximum absolute atomic E-state index is 12.0. The fourth-order valence-corrected chi connectivity index (χ4v) is 1.71. The van der Waals surface area contributed by atoms with Gasteiger partial charge in [0.25, 0.3) is 5.91 Å². The van der Waals surface area contributed by atoms with Crippen molar-refractivity contribution in [1.82, 2.24) is 20.9 Å². The number of carbonyl (C=O) groups is 2. The van der Waals surface area contributed by atoms with Gasteiger partial charge in [0, 0.05) is 45.5 Å². The Labute approximate surface area is 112 Å². The van der Waals surface area contributed by atoms with Crippen molar-refractivity contribution in [3.8, 4) is 6.07 Å². The summed E-state index contributed by atoms with van der Waals surface area (Å²) in [4.78, 5) is 23.7. The lowest BCUT2D eigenvalue weighted by atomic mass is 10.2. The lowest BCUT2D eigenvalue weighted by Crippen LogP contribution is -2.46. The lowest BCUT2D eigenvalue weighted by Gasteiger charge is -2.27. The van der Waals surface area contributed by atoms with Crippen LogP contribution in [0.3, 0.4) is 0 Å². The third-order valence-electron chi connectivity index (χ3n) is 2.73. The fourth-order valence-electron chi connectivity index (χ4n) is 1.71. The molecular weight excluding hydrogens is 246 g/mol. The van der Waals surface area contributed by atoms with Gasteiger partial charge in [0.1, 0.15) is 11.6 Å². The first kappa shape index (κ1) is 15.0. The highest BCUT2D eigenvalue weighted by molar-refractivity contribution is 5.97. The Balaban J connectivity index is 2.36. The monoisotopic (exact) mass is 265 g/mol. The second kappa shape index (κ2) is 8.94. The first-order valence-electron chi connectivity index (χ1n) is 6.30. The molecule has 0 atom stereocenters. The van der Waals surface area contributed by atoms with E-state index in [4.69, 9.17) is 5.26 Å². The molecule has 1 fully saturated rings. The lowest BCUT2D eigenvalue weighted by molar-refractivity contribution is -0.127. The van der Waals surface area contributed by atoms with Crippen LogP contribution in [0.2, 0.25) is 0 Å². The van der Waals surface area contributed by atoms with Crippen molar-refractivity contribution < 1.29 is 9.59 Å². The van der Waals surface area contributed by atoms with Gasteiger partial charge in [-0.1, -0.05) is 0 Å². The number of nitriles is 1. The number of carbonyl (C=O) groups excluding carboxylic acids is 2. The summed E-state index contributed by atoms with van der Waals surface area (Å²) in [6, 6.07) is 1.92. The molecular formula is C12H19N5O2. The van der Waals surface area contributed by atoms with Gasteiger partial charge in [-0.15, -0.1) is 0 Å². The van der Waals surface area contributed by atoms with Gasteiger partial charge in [-0.3, -0.25) is 9.59 Å². The number of nitrogens with zero attached hydrogens (tertiary/aromatic N) is 2. The summed E-state index contributed by atoms with van der Waals surface area (Å²) in [7, 11) is 0. The summed E-state index contributed by atoms with van der Waals surface area (Å²) in [6.45, 7) is 3.94. The van der Waals surface area contributed by atoms with Crippen molar-refractivity contribution in [3.05, 3.63) is 11.8 Å². The van der Waals surface area contributed by atoms with Crippen LogP contribution in [-0.4, -0.2) is 56.5 Å². The van der Waals surface area contributed by atoms with Gasteiger partial charge in [-0.2, -0.15) is 5.26 Å². The Kier molecular flexibility index (Phi) is 7.05. The average Bonchev–Trinajstić information content (AvgIpc) is 2.47. The molecule has 2 amide bonds. The quantitative estimate of drug-likeness (QED) is 0.226. The molecule has 1 aliphatic heterocycles. The highest BCUT2D eigenvalue weighted by Crippen LogP contribution is 2.01. The van der Waals surface area contributed by atoms with Crippen molar-refractivity contribution in [2.75, 3.05) is 39.3 Å². The number of piperazine rings is 1. The van der Waals surface area contributed by atoms with Gasteiger partial charge in [0.05, 0.1) is 0 Å². The molecule has 19 heavy (non-hydrogen) atoms. The molecule has 1 aliphatic rings. The molecule has 104 valence electrons. The molecule has 0 aliphatic carbocycles. The van der Waals surface area contributed by atoms with Crippen LogP contribution in [0.15, 0.2) is 11.8 Å². The van der Waals surface area contributed by atoms with E-state index >= 15 is 0 Å². The SMILES string of the molecule is N#C/C(=C/NCCCNC=O)C(=O)N1CCNCC1. The number of hydrogen-bond acceptors (Lipinski definition) is 5. The number of nitrogens with one attached hydrogen (secondary N) is 3. The number of rotatable bonds is 7. The average molecular weight is 265 g/mol. The van der Waals surface area contributed by atoms with Gasteiger partial charge in [-0.05, 0) is 6.42 Å². The van der Waals surface area contributed by atoms with E-state index in [1.54, 1.807) is 4.90 Å². The van der Waals surface area contributed by atoms with Crippen LogP contribution in [0, 0.1) is 11.3 Å². The van der Waals surface area contributed by atoms with E-state index in [0.717, 1.165) is 19.5 Å². The molecule has 0 saturated carbocycles. The van der Waals surface area contributed by atoms with Crippen molar-refractivity contribution in [2.45, 2.75) is 6.42 Å². The summed E-state index contributed by atoms with van der Waals surface area (Å²) >= 11 is 0. The molecule has 1 saturated heterocycles. The third kappa shape index (κ3) is 5.40. The summed E-state index contributed by atoms with van der Waals surface area (Å²) in [5.41, 5.74) is 0.116. The highest BCUT2D eigenvalue weighted by Gasteiger charge is 2.19. The maximum Gasteiger partial charge on any atom is 0.266 e. The number of amides is 2. The smallest absolute Gasteiger partial charge is 0.266 e. The summed E-state index contributed by atoms with van der Waals surface area (Å²) < 4.78 is 0. The standard InChI is InChI=1S/C12H19N5O2/c13-8-11(9-15-2-1-3-16-10-18)12(19)17-6-4-14-5-7-17/h9-10,14-15H,1-7H2,(H,16,18)/b11-9-. The van der Waals surface area contributed by atoms with Gasteiger partial charge >= 0.3 is 0 Å².